The summed E-state index contributed by atoms with van der Waals surface area (Å²) in [7, 11) is 3.43. The fraction of sp³-hybridized carbons (Fsp3) is 0.174. The molecular formula is C23H22ClN5O3. The Morgan fingerprint density at radius 1 is 1.06 bits per heavy atom. The highest BCUT2D eigenvalue weighted by atomic mass is 35.5. The fourth-order valence-corrected chi connectivity index (χ4v) is 3.38. The van der Waals surface area contributed by atoms with Crippen LogP contribution >= 0.6 is 11.6 Å². The lowest BCUT2D eigenvalue weighted by Gasteiger charge is -2.08. The van der Waals surface area contributed by atoms with E-state index in [-0.39, 0.29) is 6.61 Å². The van der Waals surface area contributed by atoms with Gasteiger partial charge < -0.3 is 14.8 Å². The van der Waals surface area contributed by atoms with Crippen molar-refractivity contribution in [2.24, 2.45) is 0 Å². The van der Waals surface area contributed by atoms with Crippen molar-refractivity contribution in [1.29, 1.82) is 0 Å². The number of nitrogens with one attached hydrogen (secondary N) is 2. The van der Waals surface area contributed by atoms with Crippen LogP contribution in [0, 0.1) is 0 Å². The minimum Gasteiger partial charge on any atom is -0.447 e. The number of anilines is 2. The maximum atomic E-state index is 11.9. The predicted molar refractivity (Wildman–Crippen MR) is 125 cm³/mol. The van der Waals surface area contributed by atoms with Crippen LogP contribution in [0.15, 0.2) is 61.1 Å². The number of hydrogen-bond donors (Lipinski definition) is 2. The van der Waals surface area contributed by atoms with Crippen molar-refractivity contribution in [1.82, 2.24) is 14.4 Å². The van der Waals surface area contributed by atoms with Gasteiger partial charge >= 0.3 is 6.09 Å². The van der Waals surface area contributed by atoms with Gasteiger partial charge in [0.15, 0.2) is 0 Å². The molecule has 4 rings (SSSR count). The van der Waals surface area contributed by atoms with E-state index < -0.39 is 6.09 Å². The van der Waals surface area contributed by atoms with Gasteiger partial charge in [-0.25, -0.2) is 14.8 Å². The second-order valence-corrected chi connectivity index (χ2v) is 7.36. The first-order chi connectivity index (χ1) is 15.6. The predicted octanol–water partition coefficient (Wildman–Crippen LogP) is 4.95. The quantitative estimate of drug-likeness (QED) is 0.386. The SMILES string of the molecule is CNc1ccc(-c2cnc3nc(-c4cc(NC(=O)OCCOC)ccc4Cl)cn3c2)cc1. The Morgan fingerprint density at radius 3 is 2.59 bits per heavy atom. The number of hydrogen-bond acceptors (Lipinski definition) is 6. The van der Waals surface area contributed by atoms with E-state index in [1.807, 2.05) is 48.1 Å². The Balaban J connectivity index is 1.59. The zero-order valence-corrected chi connectivity index (χ0v) is 18.4. The molecule has 0 unspecified atom stereocenters. The smallest absolute Gasteiger partial charge is 0.411 e. The van der Waals surface area contributed by atoms with Crippen molar-refractivity contribution in [3.8, 4) is 22.4 Å². The lowest BCUT2D eigenvalue weighted by atomic mass is 10.1. The zero-order chi connectivity index (χ0) is 22.5. The summed E-state index contributed by atoms with van der Waals surface area (Å²) in [5.41, 5.74) is 4.91. The van der Waals surface area contributed by atoms with Gasteiger partial charge in [0.05, 0.1) is 17.3 Å². The second kappa shape index (κ2) is 9.67. The summed E-state index contributed by atoms with van der Waals surface area (Å²) in [5, 5.41) is 6.30. The molecule has 4 aromatic rings. The maximum Gasteiger partial charge on any atom is 0.411 e. The molecule has 32 heavy (non-hydrogen) atoms. The number of rotatable bonds is 7. The first kappa shape index (κ1) is 21.6. The van der Waals surface area contributed by atoms with Gasteiger partial charge in [0.25, 0.3) is 0 Å². The molecule has 0 bridgehead atoms. The van der Waals surface area contributed by atoms with Crippen molar-refractivity contribution in [2.75, 3.05) is 38.0 Å². The first-order valence-electron chi connectivity index (χ1n) is 9.93. The third kappa shape index (κ3) is 4.82. The van der Waals surface area contributed by atoms with E-state index in [1.165, 1.54) is 0 Å². The fourth-order valence-electron chi connectivity index (χ4n) is 3.16. The third-order valence-electron chi connectivity index (χ3n) is 4.83. The Labute approximate surface area is 190 Å². The number of carbonyl (C=O) groups excluding carboxylic acids is 1. The number of fused-ring (bicyclic) bond motifs is 1. The summed E-state index contributed by atoms with van der Waals surface area (Å²) in [5.74, 6) is 0.545. The first-order valence-corrected chi connectivity index (χ1v) is 10.3. The summed E-state index contributed by atoms with van der Waals surface area (Å²) >= 11 is 6.42. The van der Waals surface area contributed by atoms with Crippen molar-refractivity contribution in [3.63, 3.8) is 0 Å². The maximum absolute atomic E-state index is 11.9. The molecule has 9 heteroatoms. The molecule has 2 aromatic heterocycles. The minimum absolute atomic E-state index is 0.168. The van der Waals surface area contributed by atoms with Crippen molar-refractivity contribution < 1.29 is 14.3 Å². The summed E-state index contributed by atoms with van der Waals surface area (Å²) in [4.78, 5) is 21.0. The van der Waals surface area contributed by atoms with Crippen LogP contribution in [-0.4, -0.2) is 47.8 Å². The number of imidazole rings is 1. The van der Waals surface area contributed by atoms with E-state index in [0.717, 1.165) is 16.8 Å². The van der Waals surface area contributed by atoms with Gasteiger partial charge in [0, 0.05) is 55.2 Å². The Kier molecular flexibility index (Phi) is 6.53. The minimum atomic E-state index is -0.569. The Morgan fingerprint density at radius 2 is 1.84 bits per heavy atom. The van der Waals surface area contributed by atoms with Gasteiger partial charge in [-0.05, 0) is 35.9 Å². The van der Waals surface area contributed by atoms with E-state index in [9.17, 15) is 4.79 Å². The van der Waals surface area contributed by atoms with E-state index in [1.54, 1.807) is 31.5 Å². The van der Waals surface area contributed by atoms with Crippen molar-refractivity contribution in [3.05, 3.63) is 66.1 Å². The molecule has 0 fully saturated rings. The highest BCUT2D eigenvalue weighted by Crippen LogP contribution is 2.31. The Bertz CT molecular complexity index is 1240. The van der Waals surface area contributed by atoms with E-state index in [0.29, 0.717) is 34.4 Å². The van der Waals surface area contributed by atoms with Crippen LogP contribution in [0.1, 0.15) is 0 Å². The van der Waals surface area contributed by atoms with Gasteiger partial charge in [-0.15, -0.1) is 0 Å². The topological polar surface area (TPSA) is 89.8 Å². The summed E-state index contributed by atoms with van der Waals surface area (Å²) in [6.07, 6.45) is 5.04. The molecule has 0 saturated carbocycles. The van der Waals surface area contributed by atoms with Gasteiger partial charge in [-0.3, -0.25) is 9.72 Å². The monoisotopic (exact) mass is 451 g/mol. The summed E-state index contributed by atoms with van der Waals surface area (Å²) in [6.45, 7) is 0.496. The van der Waals surface area contributed by atoms with Crippen LogP contribution in [0.5, 0.6) is 0 Å². The van der Waals surface area contributed by atoms with Crippen LogP contribution in [0.3, 0.4) is 0 Å². The van der Waals surface area contributed by atoms with Crippen LogP contribution in [0.2, 0.25) is 5.02 Å². The molecule has 8 nitrogen and oxygen atoms in total. The largest absolute Gasteiger partial charge is 0.447 e. The molecule has 2 heterocycles. The number of amides is 1. The van der Waals surface area contributed by atoms with Gasteiger partial charge in [0.2, 0.25) is 5.78 Å². The van der Waals surface area contributed by atoms with Gasteiger partial charge in [0.1, 0.15) is 6.61 Å². The highest BCUT2D eigenvalue weighted by Gasteiger charge is 2.12. The van der Waals surface area contributed by atoms with Crippen LogP contribution < -0.4 is 10.6 Å². The van der Waals surface area contributed by atoms with Crippen LogP contribution in [0.4, 0.5) is 16.2 Å². The molecule has 0 aliphatic rings. The molecule has 1 amide bonds. The molecule has 0 saturated heterocycles. The number of ether oxygens (including phenoxy) is 2. The average Bonchev–Trinajstić information content (AvgIpc) is 3.24. The number of methoxy groups -OCH3 is 1. The van der Waals surface area contributed by atoms with Gasteiger partial charge in [-0.1, -0.05) is 23.7 Å². The number of benzene rings is 2. The lowest BCUT2D eigenvalue weighted by molar-refractivity contribution is 0.107. The zero-order valence-electron chi connectivity index (χ0n) is 17.6. The standard InChI is InChI=1S/C23H22ClN5O3/c1-25-17-5-3-15(4-6-17)16-12-26-22-28-21(14-29(22)13-16)19-11-18(7-8-20(19)24)27-23(30)32-10-9-31-2/h3-8,11-14,25H,9-10H2,1-2H3,(H,27,30). The van der Waals surface area contributed by atoms with Crippen LogP contribution in [-0.2, 0) is 9.47 Å². The van der Waals surface area contributed by atoms with Crippen molar-refractivity contribution in [2.45, 2.75) is 0 Å². The Hall–Kier alpha value is -3.62. The molecular weight excluding hydrogens is 430 g/mol. The highest BCUT2D eigenvalue weighted by molar-refractivity contribution is 6.33. The molecule has 2 N–H and O–H groups in total. The van der Waals surface area contributed by atoms with E-state index in [4.69, 9.17) is 21.1 Å². The number of carbonyl (C=O) groups is 1. The number of nitrogens with zero attached hydrogens (tertiary/aromatic N) is 3. The van der Waals surface area contributed by atoms with E-state index in [2.05, 4.69) is 20.6 Å². The molecule has 0 spiro atoms. The summed E-state index contributed by atoms with van der Waals surface area (Å²) < 4.78 is 11.8. The van der Waals surface area contributed by atoms with Crippen LogP contribution in [0.25, 0.3) is 28.2 Å². The molecule has 0 aliphatic heterocycles. The van der Waals surface area contributed by atoms with E-state index >= 15 is 0 Å². The molecule has 2 aromatic carbocycles. The molecule has 0 radical (unpaired) electrons. The van der Waals surface area contributed by atoms with Gasteiger partial charge in [-0.2, -0.15) is 0 Å². The summed E-state index contributed by atoms with van der Waals surface area (Å²) in [6, 6.07) is 13.2. The number of aromatic nitrogens is 3. The third-order valence-corrected chi connectivity index (χ3v) is 5.16. The average molecular weight is 452 g/mol. The van der Waals surface area contributed by atoms with Crippen molar-refractivity contribution >= 4 is 34.8 Å². The number of halogens is 1. The normalized spacial score (nSPS) is 10.8. The second-order valence-electron chi connectivity index (χ2n) is 6.95. The lowest BCUT2D eigenvalue weighted by Crippen LogP contribution is -2.16. The molecule has 0 aliphatic carbocycles. The molecule has 0 atom stereocenters. The molecule has 164 valence electrons.